The Bertz CT molecular complexity index is 7550. The summed E-state index contributed by atoms with van der Waals surface area (Å²) >= 11 is 0. The zero-order valence-corrected chi connectivity index (χ0v) is 83.5. The molecular weight excluding hydrogens is 1650 g/mol. The van der Waals surface area contributed by atoms with Crippen molar-refractivity contribution >= 4 is 101 Å². The summed E-state index contributed by atoms with van der Waals surface area (Å²) in [4.78, 5) is 5.54. The van der Waals surface area contributed by atoms with Crippen LogP contribution >= 0.6 is 0 Å². The van der Waals surface area contributed by atoms with Crippen molar-refractivity contribution in [3.8, 4) is 55.9 Å². The molecule has 4 heterocycles. The summed E-state index contributed by atoms with van der Waals surface area (Å²) in [5, 5.41) is 4.94. The Morgan fingerprint density at radius 2 is 0.518 bits per heavy atom. The van der Waals surface area contributed by atoms with Gasteiger partial charge in [-0.05, 0) is 256 Å². The van der Waals surface area contributed by atoms with Crippen molar-refractivity contribution < 1.29 is 0 Å². The van der Waals surface area contributed by atoms with Crippen LogP contribution in [-0.4, -0.2) is 15.8 Å². The predicted molar refractivity (Wildman–Crippen MR) is 586 cm³/mol. The Labute approximate surface area is 811 Å². The highest BCUT2D eigenvalue weighted by atomic mass is 15.2. The van der Waals surface area contributed by atoms with Gasteiger partial charge in [0.2, 0.25) is 0 Å². The number of hydrogen-bond donors (Lipinski definition) is 0. The van der Waals surface area contributed by atoms with Crippen molar-refractivity contribution in [2.75, 3.05) is 9.80 Å². The quantitative estimate of drug-likeness (QED) is 0.127. The minimum Gasteiger partial charge on any atom is -0.311 e. The predicted octanol–water partition coefficient (Wildman–Crippen LogP) is 33.1. The van der Waals surface area contributed by atoms with E-state index >= 15 is 0 Å². The number of benzene rings is 17. The molecule has 0 saturated carbocycles. The van der Waals surface area contributed by atoms with Gasteiger partial charge in [0.1, 0.15) is 0 Å². The number of aromatic nitrogens is 2. The van der Waals surface area contributed by atoms with Gasteiger partial charge in [-0.3, -0.25) is 0 Å². The molecule has 5 heteroatoms. The van der Waals surface area contributed by atoms with Crippen LogP contribution in [0, 0.1) is 0 Å². The number of para-hydroxylation sites is 2. The molecule has 0 radical (unpaired) electrons. The van der Waals surface area contributed by atoms with E-state index in [0.717, 1.165) is 67.6 Å². The van der Waals surface area contributed by atoms with Gasteiger partial charge in [-0.2, -0.15) is 0 Å². The van der Waals surface area contributed by atoms with Crippen molar-refractivity contribution in [1.82, 2.24) is 9.13 Å². The topological polar surface area (TPSA) is 16.3 Å². The lowest BCUT2D eigenvalue weighted by molar-refractivity contribution is 0.568. The molecule has 0 saturated heterocycles. The molecule has 0 unspecified atom stereocenters. The summed E-state index contributed by atoms with van der Waals surface area (Å²) in [6.07, 6.45) is 0. The second-order valence-electron chi connectivity index (χ2n) is 46.9. The minimum atomic E-state index is -0.664. The van der Waals surface area contributed by atoms with E-state index in [4.69, 9.17) is 0 Å². The largest absolute Gasteiger partial charge is 0.311 e. The molecule has 2 aliphatic heterocycles. The summed E-state index contributed by atoms with van der Waals surface area (Å²) in [5.41, 5.74) is 43.7. The van der Waals surface area contributed by atoms with Crippen molar-refractivity contribution in [2.24, 2.45) is 0 Å². The van der Waals surface area contributed by atoms with Gasteiger partial charge < -0.3 is 18.9 Å². The average Bonchev–Trinajstić information content (AvgIpc) is 1.56. The molecule has 4 nitrogen and oxygen atoms in total. The van der Waals surface area contributed by atoms with Crippen LogP contribution in [0.25, 0.3) is 99.5 Å². The Balaban J connectivity index is 0.864. The third-order valence-electron chi connectivity index (χ3n) is 31.1. The maximum absolute atomic E-state index is 2.77. The summed E-state index contributed by atoms with van der Waals surface area (Å²) in [6, 6.07) is 143. The second-order valence-corrected chi connectivity index (χ2v) is 46.9. The van der Waals surface area contributed by atoms with Crippen LogP contribution in [0.1, 0.15) is 229 Å². The fourth-order valence-electron chi connectivity index (χ4n) is 23.9. The number of hydrogen-bond acceptors (Lipinski definition) is 2. The molecule has 0 atom stereocenters. The summed E-state index contributed by atoms with van der Waals surface area (Å²) in [6.45, 7) is 50.0. The minimum absolute atomic E-state index is 0.168. The Morgan fingerprint density at radius 3 is 0.854 bits per heavy atom. The van der Waals surface area contributed by atoms with E-state index in [-0.39, 0.29) is 44.6 Å². The van der Waals surface area contributed by atoms with Crippen LogP contribution in [0.3, 0.4) is 0 Å². The fourth-order valence-corrected chi connectivity index (χ4v) is 23.9. The molecule has 0 N–H and O–H groups in total. The molecule has 23 rings (SSSR count). The van der Waals surface area contributed by atoms with Gasteiger partial charge >= 0.3 is 0 Å². The summed E-state index contributed by atoms with van der Waals surface area (Å²) in [5.74, 6) is 0. The number of anilines is 6. The molecule has 0 spiro atoms. The highest BCUT2D eigenvalue weighted by Crippen LogP contribution is 2.63. The van der Waals surface area contributed by atoms with E-state index in [9.17, 15) is 0 Å². The molecule has 2 aromatic heterocycles. The van der Waals surface area contributed by atoms with E-state index in [1.807, 2.05) is 0 Å². The second kappa shape index (κ2) is 30.8. The molecule has 674 valence electrons. The van der Waals surface area contributed by atoms with E-state index in [1.54, 1.807) is 0 Å². The van der Waals surface area contributed by atoms with Crippen molar-refractivity contribution in [3.05, 3.63) is 447 Å². The van der Waals surface area contributed by atoms with Crippen molar-refractivity contribution in [2.45, 2.75) is 194 Å². The van der Waals surface area contributed by atoms with Gasteiger partial charge in [-0.25, -0.2) is 0 Å². The number of rotatable bonds is 10. The monoisotopic (exact) mass is 1770 g/mol. The normalized spacial score (nSPS) is 14.4. The third-order valence-corrected chi connectivity index (χ3v) is 31.1. The smallest absolute Gasteiger partial charge is 0.252 e. The van der Waals surface area contributed by atoms with E-state index < -0.39 is 10.8 Å². The lowest BCUT2D eigenvalue weighted by Gasteiger charge is -2.46. The van der Waals surface area contributed by atoms with Crippen LogP contribution in [0.5, 0.6) is 0 Å². The molecular formula is C132H123BN4. The SMILES string of the molecule is CC(C)(C)c1cc(-c2cc(C(C)(C)C)ccc2N2c3cc(-n4c5ccccc5c5c6c(ccc54)-c4ccccc4C6(c4ccccc4)c4ccccc4)ccc3B3c4ccc(-n5c6ccccc6c6c7c(ccc65)-c5ccccc5C7(c5ccccc5)c5ccccc5)cc4N(c4ccc(C(C)(C)C)cc4-c4cc(C(C)(C)C)cc(C(C)(C)C)c4)c4cc(C(C)(C)C)cc2c43)cc(C(C)(C)C)c1. The fraction of sp³-hybridized carbons (Fsp3) is 0.227. The summed E-state index contributed by atoms with van der Waals surface area (Å²) < 4.78 is 5.25. The number of fused-ring (bicyclic) bond motifs is 18. The zero-order valence-electron chi connectivity index (χ0n) is 83.5. The lowest BCUT2D eigenvalue weighted by atomic mass is 9.33. The van der Waals surface area contributed by atoms with Crippen molar-refractivity contribution in [3.63, 3.8) is 0 Å². The first-order valence-corrected chi connectivity index (χ1v) is 49.6. The number of nitrogens with zero attached hydrogens (tertiary/aromatic N) is 4. The lowest BCUT2D eigenvalue weighted by Crippen LogP contribution is -2.61. The van der Waals surface area contributed by atoms with E-state index in [1.165, 1.54) is 166 Å². The average molecular weight is 1780 g/mol. The highest BCUT2D eigenvalue weighted by Gasteiger charge is 2.52. The van der Waals surface area contributed by atoms with Crippen LogP contribution in [0.4, 0.5) is 34.1 Å². The molecule has 17 aromatic carbocycles. The van der Waals surface area contributed by atoms with Gasteiger partial charge in [0.25, 0.3) is 6.71 Å². The molecule has 0 bridgehead atoms. The van der Waals surface area contributed by atoms with E-state index in [2.05, 4.69) is 528 Å². The van der Waals surface area contributed by atoms with Crippen LogP contribution in [0.15, 0.2) is 364 Å². The first kappa shape index (κ1) is 87.1. The highest BCUT2D eigenvalue weighted by molar-refractivity contribution is 7.00. The van der Waals surface area contributed by atoms with Gasteiger partial charge in [0.15, 0.2) is 0 Å². The summed E-state index contributed by atoms with van der Waals surface area (Å²) in [7, 11) is 0. The standard InChI is InChI=1S/C132H123BN4/c1-124(2,3)88-58-66-111(103(76-88)82-70-90(126(7,8)9)74-91(71-82)127(10,11)12)136-115-80-95(134-109-56-40-36-52-101(109)119-113(134)68-62-99-97-50-34-38-54-105(97)131(121(99)119,84-42-26-22-27-43-84)85-44-28-23-29-45-85)60-64-107(115)133-108-65-61-96(135-110-57-41-37-53-102(110)120-114(135)69-63-100-98-51-35-39-55-106(98)132(122(100)120,86-46-30-24-31-47-86)87-48-32-25-33-49-87)81-116(108)137(118-79-94(130(19,20)21)78-117(136)123(118)133)112-67-59-89(125(4,5)6)77-104(112)83-72-92(128(13,14)15)75-93(73-83)129(16,17)18/h22-81H,1-21H3. The molecule has 0 fully saturated rings. The van der Waals surface area contributed by atoms with Crippen LogP contribution in [-0.2, 0) is 48.7 Å². The van der Waals surface area contributed by atoms with Gasteiger partial charge in [0, 0.05) is 66.8 Å². The first-order chi connectivity index (χ1) is 65.4. The van der Waals surface area contributed by atoms with Crippen LogP contribution in [0.2, 0.25) is 0 Å². The first-order valence-electron chi connectivity index (χ1n) is 49.6. The van der Waals surface area contributed by atoms with Gasteiger partial charge in [0.05, 0.1) is 44.3 Å². The van der Waals surface area contributed by atoms with Gasteiger partial charge in [-0.1, -0.05) is 424 Å². The molecule has 137 heavy (non-hydrogen) atoms. The zero-order chi connectivity index (χ0) is 95.1. The van der Waals surface area contributed by atoms with Crippen LogP contribution < -0.4 is 26.2 Å². The molecule has 19 aromatic rings. The molecule has 2 aliphatic carbocycles. The Hall–Kier alpha value is -14.0. The van der Waals surface area contributed by atoms with Gasteiger partial charge in [-0.15, -0.1) is 0 Å². The van der Waals surface area contributed by atoms with E-state index in [0.29, 0.717) is 0 Å². The molecule has 4 aliphatic rings. The Kier molecular flexibility index (Phi) is 19.5. The maximum atomic E-state index is 2.77. The third kappa shape index (κ3) is 13.4. The maximum Gasteiger partial charge on any atom is 0.252 e. The van der Waals surface area contributed by atoms with Crippen molar-refractivity contribution in [1.29, 1.82) is 0 Å². The Morgan fingerprint density at radius 1 is 0.212 bits per heavy atom. The molecule has 0 amide bonds.